The lowest BCUT2D eigenvalue weighted by atomic mass is 9.66. The second kappa shape index (κ2) is 11.7. The molecule has 0 saturated heterocycles. The number of allylic oxidation sites excluding steroid dienone is 3. The zero-order valence-corrected chi connectivity index (χ0v) is 22.9. The topological polar surface area (TPSA) is 85.2 Å². The van der Waals surface area contributed by atoms with Gasteiger partial charge in [0.05, 0.1) is 19.6 Å². The summed E-state index contributed by atoms with van der Waals surface area (Å²) in [5.41, 5.74) is -2.09. The minimum Gasteiger partial charge on any atom is -0.493 e. The summed E-state index contributed by atoms with van der Waals surface area (Å²) in [5, 5.41) is 9.80. The second-order valence-corrected chi connectivity index (χ2v) is 9.65. The molecule has 1 N–H and O–H groups in total. The highest BCUT2D eigenvalue weighted by Crippen LogP contribution is 2.46. The van der Waals surface area contributed by atoms with Crippen molar-refractivity contribution in [3.8, 4) is 11.5 Å². The third kappa shape index (κ3) is 5.59. The number of methoxy groups -OCH3 is 2. The largest absolute Gasteiger partial charge is 0.493 e. The first-order valence-electron chi connectivity index (χ1n) is 12.7. The minimum atomic E-state index is -1.44. The lowest BCUT2D eigenvalue weighted by molar-refractivity contribution is -0.129. The van der Waals surface area contributed by atoms with Crippen LogP contribution in [0.4, 0.5) is 8.78 Å². The maximum atomic E-state index is 15.6. The van der Waals surface area contributed by atoms with Gasteiger partial charge in [-0.05, 0) is 30.7 Å². The number of aliphatic carboxylic acids is 1. The maximum absolute atomic E-state index is 15.6. The maximum Gasteiger partial charge on any atom is 0.350 e. The van der Waals surface area contributed by atoms with E-state index in [4.69, 9.17) is 9.47 Å². The van der Waals surface area contributed by atoms with Crippen LogP contribution in [0.1, 0.15) is 34.8 Å². The van der Waals surface area contributed by atoms with Crippen molar-refractivity contribution in [1.29, 1.82) is 0 Å². The number of carboxylic acid groups (broad SMARTS) is 1. The number of carbonyl (C=O) groups excluding carboxylic acids is 1. The average molecular weight is 558 g/mol. The van der Waals surface area contributed by atoms with E-state index in [9.17, 15) is 19.1 Å². The lowest BCUT2D eigenvalue weighted by Gasteiger charge is -2.38. The SMILES string of the molecule is C=CCC(=NC1(C)C=CC(c2ccc(OC)c(OC)c2)(c2ccc(F)cc2F)C=C1C(=O)c1ccccc1)C(=O)O. The molecule has 1 aliphatic rings. The third-order valence-corrected chi connectivity index (χ3v) is 7.06. The summed E-state index contributed by atoms with van der Waals surface area (Å²) < 4.78 is 40.5. The van der Waals surface area contributed by atoms with Crippen molar-refractivity contribution < 1.29 is 33.0 Å². The first-order valence-corrected chi connectivity index (χ1v) is 12.7. The molecule has 0 aromatic heterocycles. The highest BCUT2D eigenvalue weighted by atomic mass is 19.1. The van der Waals surface area contributed by atoms with E-state index >= 15 is 4.39 Å². The number of rotatable bonds is 10. The molecule has 0 amide bonds. The smallest absolute Gasteiger partial charge is 0.350 e. The summed E-state index contributed by atoms with van der Waals surface area (Å²) in [7, 11) is 2.94. The van der Waals surface area contributed by atoms with Gasteiger partial charge in [-0.25, -0.2) is 13.6 Å². The second-order valence-electron chi connectivity index (χ2n) is 9.65. The van der Waals surface area contributed by atoms with Gasteiger partial charge in [0, 0.05) is 29.2 Å². The van der Waals surface area contributed by atoms with Crippen LogP contribution in [0.5, 0.6) is 11.5 Å². The molecule has 0 heterocycles. The Morgan fingerprint density at radius 1 is 0.976 bits per heavy atom. The quantitative estimate of drug-likeness (QED) is 0.175. The number of carbonyl (C=O) groups is 2. The molecule has 0 fully saturated rings. The molecule has 2 unspecified atom stereocenters. The zero-order valence-electron chi connectivity index (χ0n) is 22.9. The van der Waals surface area contributed by atoms with Crippen LogP contribution in [-0.2, 0) is 10.2 Å². The van der Waals surface area contributed by atoms with Crippen molar-refractivity contribution in [2.24, 2.45) is 4.99 Å². The van der Waals surface area contributed by atoms with E-state index in [0.29, 0.717) is 22.6 Å². The number of hydrogen-bond donors (Lipinski definition) is 1. The first-order chi connectivity index (χ1) is 19.6. The normalized spacial score (nSPS) is 20.2. The molecule has 0 aliphatic heterocycles. The van der Waals surface area contributed by atoms with Crippen LogP contribution >= 0.6 is 0 Å². The fraction of sp³-hybridized carbons (Fsp3) is 0.182. The van der Waals surface area contributed by atoms with Gasteiger partial charge >= 0.3 is 5.97 Å². The van der Waals surface area contributed by atoms with Crippen molar-refractivity contribution >= 4 is 17.5 Å². The molecular formula is C33H29F2NO5. The van der Waals surface area contributed by atoms with Crippen LogP contribution in [0.3, 0.4) is 0 Å². The van der Waals surface area contributed by atoms with E-state index in [-0.39, 0.29) is 23.3 Å². The molecule has 6 nitrogen and oxygen atoms in total. The minimum absolute atomic E-state index is 0.0427. The van der Waals surface area contributed by atoms with Gasteiger partial charge in [-0.2, -0.15) is 0 Å². The Balaban J connectivity index is 2.09. The Morgan fingerprint density at radius 2 is 1.68 bits per heavy atom. The number of Topliss-reactive ketones (excluding diaryl/α,β-unsaturated/α-hetero) is 1. The summed E-state index contributed by atoms with van der Waals surface area (Å²) in [6, 6.07) is 16.7. The van der Waals surface area contributed by atoms with E-state index in [2.05, 4.69) is 11.6 Å². The molecule has 4 rings (SSSR count). The van der Waals surface area contributed by atoms with E-state index in [1.165, 1.54) is 26.4 Å². The van der Waals surface area contributed by atoms with Gasteiger partial charge in [-0.3, -0.25) is 9.79 Å². The Morgan fingerprint density at radius 3 is 2.29 bits per heavy atom. The monoisotopic (exact) mass is 557 g/mol. The highest BCUT2D eigenvalue weighted by Gasteiger charge is 2.43. The molecule has 210 valence electrons. The van der Waals surface area contributed by atoms with E-state index < -0.39 is 34.3 Å². The standard InChI is InChI=1S/C33H29F2NO5/c1-5-9-27(31(38)39)36-32(2)16-17-33(24-14-13-23(34)19-26(24)35,22-12-15-28(40-3)29(18-22)41-4)20-25(32)30(37)21-10-7-6-8-11-21/h5-8,10-20H,1,9H2,2-4H3,(H,38,39). The number of carboxylic acids is 1. The molecule has 1 aliphatic carbocycles. The van der Waals surface area contributed by atoms with Gasteiger partial charge in [0.2, 0.25) is 0 Å². The molecule has 0 spiro atoms. The van der Waals surface area contributed by atoms with Gasteiger partial charge < -0.3 is 14.6 Å². The molecule has 3 aromatic rings. The lowest BCUT2D eigenvalue weighted by Crippen LogP contribution is -2.38. The highest BCUT2D eigenvalue weighted by molar-refractivity contribution is 6.36. The van der Waals surface area contributed by atoms with E-state index in [1.54, 1.807) is 73.7 Å². The van der Waals surface area contributed by atoms with Crippen molar-refractivity contribution in [2.75, 3.05) is 14.2 Å². The molecule has 3 aromatic carbocycles. The van der Waals surface area contributed by atoms with Crippen molar-refractivity contribution in [2.45, 2.75) is 24.3 Å². The molecule has 0 bridgehead atoms. The predicted molar refractivity (Wildman–Crippen MR) is 153 cm³/mol. The Bertz CT molecular complexity index is 1590. The van der Waals surface area contributed by atoms with Crippen LogP contribution < -0.4 is 9.47 Å². The van der Waals surface area contributed by atoms with E-state index in [0.717, 1.165) is 12.1 Å². The molecule has 0 radical (unpaired) electrons. The molecular weight excluding hydrogens is 528 g/mol. The number of hydrogen-bond acceptors (Lipinski definition) is 5. The number of nitrogens with zero attached hydrogens (tertiary/aromatic N) is 1. The van der Waals surface area contributed by atoms with Gasteiger partial charge in [0.25, 0.3) is 0 Å². The summed E-state index contributed by atoms with van der Waals surface area (Å²) in [4.78, 5) is 30.6. The van der Waals surface area contributed by atoms with Gasteiger partial charge in [0.15, 0.2) is 17.3 Å². The van der Waals surface area contributed by atoms with Crippen LogP contribution in [0.25, 0.3) is 0 Å². The Labute approximate surface area is 237 Å². The zero-order chi connectivity index (χ0) is 29.8. The summed E-state index contributed by atoms with van der Waals surface area (Å²) in [5.74, 6) is -2.50. The molecule has 0 saturated carbocycles. The van der Waals surface area contributed by atoms with Crippen molar-refractivity contribution in [3.63, 3.8) is 0 Å². The molecule has 8 heteroatoms. The average Bonchev–Trinajstić information content (AvgIpc) is 2.97. The van der Waals surface area contributed by atoms with Crippen LogP contribution in [0.2, 0.25) is 0 Å². The Hall–Kier alpha value is -4.85. The third-order valence-electron chi connectivity index (χ3n) is 7.06. The fourth-order valence-electron chi connectivity index (χ4n) is 4.96. The predicted octanol–water partition coefficient (Wildman–Crippen LogP) is 6.51. The summed E-state index contributed by atoms with van der Waals surface area (Å²) in [6.45, 7) is 5.22. The van der Waals surface area contributed by atoms with Gasteiger partial charge in [-0.1, -0.05) is 66.8 Å². The number of benzene rings is 3. The Kier molecular flexibility index (Phi) is 8.33. The number of halogens is 2. The van der Waals surface area contributed by atoms with Crippen LogP contribution in [-0.4, -0.2) is 42.3 Å². The number of ketones is 1. The van der Waals surface area contributed by atoms with Crippen LogP contribution in [0.15, 0.2) is 108 Å². The number of ether oxygens (including phenoxy) is 2. The van der Waals surface area contributed by atoms with Crippen LogP contribution in [0, 0.1) is 11.6 Å². The van der Waals surface area contributed by atoms with E-state index in [1.807, 2.05) is 0 Å². The number of aliphatic imine (C=N–C) groups is 1. The summed E-state index contributed by atoms with van der Waals surface area (Å²) >= 11 is 0. The van der Waals surface area contributed by atoms with Gasteiger partial charge in [0.1, 0.15) is 22.9 Å². The summed E-state index contributed by atoms with van der Waals surface area (Å²) in [6.07, 6.45) is 6.15. The van der Waals surface area contributed by atoms with Gasteiger partial charge in [-0.15, -0.1) is 6.58 Å². The molecule has 41 heavy (non-hydrogen) atoms. The fourth-order valence-corrected chi connectivity index (χ4v) is 4.96. The van der Waals surface area contributed by atoms with Crippen molar-refractivity contribution in [3.05, 3.63) is 132 Å². The first kappa shape index (κ1) is 29.1. The van der Waals surface area contributed by atoms with Crippen molar-refractivity contribution in [1.82, 2.24) is 0 Å². The molecule has 2 atom stereocenters.